The largest absolute Gasteiger partial charge is 0.489 e. The van der Waals surface area contributed by atoms with Gasteiger partial charge in [-0.05, 0) is 69.7 Å². The van der Waals surface area contributed by atoms with E-state index in [1.54, 1.807) is 6.20 Å². The smallest absolute Gasteiger partial charge is 0.268 e. The molecule has 4 rings (SSSR count). The average molecular weight is 339 g/mol. The van der Waals surface area contributed by atoms with E-state index in [1.165, 1.54) is 12.8 Å². The molecule has 0 atom stereocenters. The van der Waals surface area contributed by atoms with Crippen LogP contribution in [0.4, 0.5) is 0 Å². The first-order valence-electron chi connectivity index (χ1n) is 9.26. The molecular formula is C20H25N3O2. The quantitative estimate of drug-likeness (QED) is 0.905. The summed E-state index contributed by atoms with van der Waals surface area (Å²) in [5.74, 6) is 0.932. The van der Waals surface area contributed by atoms with E-state index in [1.807, 2.05) is 37.4 Å². The van der Waals surface area contributed by atoms with E-state index in [-0.39, 0.29) is 18.1 Å². The van der Waals surface area contributed by atoms with E-state index in [0.717, 1.165) is 42.8 Å². The van der Waals surface area contributed by atoms with Crippen molar-refractivity contribution in [1.29, 1.82) is 0 Å². The monoisotopic (exact) mass is 339 g/mol. The van der Waals surface area contributed by atoms with Gasteiger partial charge in [0.25, 0.3) is 5.91 Å². The molecule has 1 amide bonds. The number of aromatic nitrogens is 2. The van der Waals surface area contributed by atoms with Crippen molar-refractivity contribution in [2.75, 3.05) is 0 Å². The van der Waals surface area contributed by atoms with Gasteiger partial charge in [0, 0.05) is 24.5 Å². The van der Waals surface area contributed by atoms with Crippen LogP contribution in [0.25, 0.3) is 0 Å². The molecule has 0 saturated heterocycles. The summed E-state index contributed by atoms with van der Waals surface area (Å²) in [6.45, 7) is 1.97. The van der Waals surface area contributed by atoms with Crippen molar-refractivity contribution in [3.63, 3.8) is 0 Å². The Morgan fingerprint density at radius 3 is 2.68 bits per heavy atom. The van der Waals surface area contributed by atoms with Gasteiger partial charge in [-0.15, -0.1) is 0 Å². The fourth-order valence-electron chi connectivity index (χ4n) is 3.62. The van der Waals surface area contributed by atoms with Gasteiger partial charge in [-0.1, -0.05) is 0 Å². The zero-order valence-corrected chi connectivity index (χ0v) is 14.6. The molecule has 0 unspecified atom stereocenters. The Hall–Kier alpha value is -2.30. The number of carbonyl (C=O) groups excluding carboxylic acids is 1. The van der Waals surface area contributed by atoms with Crippen molar-refractivity contribution in [3.05, 3.63) is 48.0 Å². The summed E-state index contributed by atoms with van der Waals surface area (Å²) in [4.78, 5) is 16.8. The molecule has 2 aliphatic rings. The average Bonchev–Trinajstić information content (AvgIpc) is 3.35. The maximum absolute atomic E-state index is 12.6. The third-order valence-electron chi connectivity index (χ3n) is 5.21. The van der Waals surface area contributed by atoms with Gasteiger partial charge in [-0.25, -0.2) is 0 Å². The lowest BCUT2D eigenvalue weighted by atomic mass is 9.92. The zero-order valence-electron chi connectivity index (χ0n) is 14.6. The number of carbonyl (C=O) groups is 1. The van der Waals surface area contributed by atoms with E-state index in [9.17, 15) is 4.79 Å². The Morgan fingerprint density at radius 2 is 1.96 bits per heavy atom. The van der Waals surface area contributed by atoms with Gasteiger partial charge in [0.15, 0.2) is 0 Å². The molecule has 0 aliphatic heterocycles. The molecule has 2 fully saturated rings. The summed E-state index contributed by atoms with van der Waals surface area (Å²) in [6.07, 6.45) is 10.2. The molecular weight excluding hydrogens is 314 g/mol. The summed E-state index contributed by atoms with van der Waals surface area (Å²) in [5.41, 5.74) is 1.73. The highest BCUT2D eigenvalue weighted by molar-refractivity contribution is 5.93. The first-order chi connectivity index (χ1) is 12.2. The predicted octanol–water partition coefficient (Wildman–Crippen LogP) is 3.65. The fraction of sp³-hybridized carbons (Fsp3) is 0.500. The van der Waals surface area contributed by atoms with Crippen LogP contribution in [0.5, 0.6) is 5.75 Å². The number of hydrogen-bond acceptors (Lipinski definition) is 3. The minimum atomic E-state index is 0.0596. The van der Waals surface area contributed by atoms with Crippen LogP contribution in [0.1, 0.15) is 60.7 Å². The van der Waals surface area contributed by atoms with Gasteiger partial charge in [-0.2, -0.15) is 0 Å². The van der Waals surface area contributed by atoms with E-state index >= 15 is 0 Å². The predicted molar refractivity (Wildman–Crippen MR) is 95.8 cm³/mol. The number of nitrogens with one attached hydrogen (secondary N) is 1. The van der Waals surface area contributed by atoms with Crippen molar-refractivity contribution in [2.45, 2.75) is 63.6 Å². The number of nitrogens with zero attached hydrogens (tertiary/aromatic N) is 2. The Kier molecular flexibility index (Phi) is 4.47. The molecule has 2 aromatic rings. The molecule has 0 bridgehead atoms. The summed E-state index contributed by atoms with van der Waals surface area (Å²) >= 11 is 0. The second-order valence-corrected chi connectivity index (χ2v) is 7.18. The van der Waals surface area contributed by atoms with Gasteiger partial charge in [0.05, 0.1) is 11.8 Å². The summed E-state index contributed by atoms with van der Waals surface area (Å²) in [7, 11) is 0. The van der Waals surface area contributed by atoms with E-state index in [0.29, 0.717) is 6.04 Å². The van der Waals surface area contributed by atoms with Crippen molar-refractivity contribution in [2.24, 2.45) is 0 Å². The minimum Gasteiger partial charge on any atom is -0.489 e. The minimum absolute atomic E-state index is 0.0596. The first-order valence-corrected chi connectivity index (χ1v) is 9.26. The number of rotatable bonds is 5. The van der Waals surface area contributed by atoms with Crippen molar-refractivity contribution >= 4 is 5.91 Å². The van der Waals surface area contributed by atoms with E-state index in [2.05, 4.69) is 14.9 Å². The van der Waals surface area contributed by atoms with Gasteiger partial charge in [0.2, 0.25) is 0 Å². The molecule has 2 heterocycles. The second-order valence-electron chi connectivity index (χ2n) is 7.18. The molecule has 2 saturated carbocycles. The van der Waals surface area contributed by atoms with Crippen molar-refractivity contribution < 1.29 is 9.53 Å². The van der Waals surface area contributed by atoms with Gasteiger partial charge in [0.1, 0.15) is 11.4 Å². The van der Waals surface area contributed by atoms with E-state index in [4.69, 9.17) is 4.74 Å². The molecule has 2 aliphatic carbocycles. The molecule has 2 aromatic heterocycles. The van der Waals surface area contributed by atoms with Gasteiger partial charge in [-0.3, -0.25) is 9.78 Å². The number of pyridine rings is 1. The molecule has 5 nitrogen and oxygen atoms in total. The highest BCUT2D eigenvalue weighted by Gasteiger charge is 2.29. The Labute approximate surface area is 148 Å². The maximum Gasteiger partial charge on any atom is 0.268 e. The second kappa shape index (κ2) is 6.90. The Morgan fingerprint density at radius 1 is 1.16 bits per heavy atom. The SMILES string of the molecule is Cc1ncccc1OC1CCC(NC(=O)c2cccn2C2CC2)CC1. The molecule has 0 spiro atoms. The standard InChI is InChI=1S/C20H25N3O2/c1-14-19(5-2-12-21-14)25-17-10-6-15(7-11-17)22-20(24)18-4-3-13-23(18)16-8-9-16/h2-5,12-13,15-17H,6-11H2,1H3,(H,22,24). The molecule has 1 N–H and O–H groups in total. The molecule has 0 radical (unpaired) electrons. The Bertz CT molecular complexity index is 743. The third-order valence-corrected chi connectivity index (χ3v) is 5.21. The molecule has 5 heteroatoms. The molecule has 25 heavy (non-hydrogen) atoms. The van der Waals surface area contributed by atoms with Crippen LogP contribution in [-0.4, -0.2) is 27.6 Å². The highest BCUT2D eigenvalue weighted by Crippen LogP contribution is 2.36. The third kappa shape index (κ3) is 3.70. The first kappa shape index (κ1) is 16.2. The van der Waals surface area contributed by atoms with Crippen LogP contribution in [-0.2, 0) is 0 Å². The number of aryl methyl sites for hydroxylation is 1. The summed E-state index contributed by atoms with van der Waals surface area (Å²) in [5, 5.41) is 3.21. The topological polar surface area (TPSA) is 56.1 Å². The van der Waals surface area contributed by atoms with Crippen LogP contribution in [0.15, 0.2) is 36.7 Å². The van der Waals surface area contributed by atoms with Gasteiger partial charge < -0.3 is 14.6 Å². The number of hydrogen-bond donors (Lipinski definition) is 1. The van der Waals surface area contributed by atoms with Crippen molar-refractivity contribution in [3.8, 4) is 5.75 Å². The summed E-state index contributed by atoms with van der Waals surface area (Å²) < 4.78 is 8.21. The lowest BCUT2D eigenvalue weighted by Gasteiger charge is -2.29. The molecule has 132 valence electrons. The van der Waals surface area contributed by atoms with Gasteiger partial charge >= 0.3 is 0 Å². The number of ether oxygens (including phenoxy) is 1. The Balaban J connectivity index is 1.29. The zero-order chi connectivity index (χ0) is 17.2. The maximum atomic E-state index is 12.6. The van der Waals surface area contributed by atoms with Crippen LogP contribution < -0.4 is 10.1 Å². The number of amides is 1. The van der Waals surface area contributed by atoms with Crippen LogP contribution in [0, 0.1) is 6.92 Å². The summed E-state index contributed by atoms with van der Waals surface area (Å²) in [6, 6.07) is 8.54. The lowest BCUT2D eigenvalue weighted by Crippen LogP contribution is -2.40. The van der Waals surface area contributed by atoms with Crippen LogP contribution >= 0.6 is 0 Å². The molecule has 0 aromatic carbocycles. The van der Waals surface area contributed by atoms with Crippen molar-refractivity contribution in [1.82, 2.24) is 14.9 Å². The van der Waals surface area contributed by atoms with E-state index < -0.39 is 0 Å². The highest BCUT2D eigenvalue weighted by atomic mass is 16.5. The fourth-order valence-corrected chi connectivity index (χ4v) is 3.62. The lowest BCUT2D eigenvalue weighted by molar-refractivity contribution is 0.0884. The van der Waals surface area contributed by atoms with Crippen LogP contribution in [0.2, 0.25) is 0 Å². The van der Waals surface area contributed by atoms with Crippen LogP contribution in [0.3, 0.4) is 0 Å². The normalized spacial score (nSPS) is 23.2.